The molecule has 1 N–H and O–H groups in total. The largest absolute Gasteiger partial charge is 0.370 e. The maximum atomic E-state index is 3.76. The van der Waals surface area contributed by atoms with Crippen molar-refractivity contribution in [2.24, 2.45) is 11.8 Å². The van der Waals surface area contributed by atoms with Crippen LogP contribution in [0.1, 0.15) is 39.2 Å². The van der Waals surface area contributed by atoms with Gasteiger partial charge in [0, 0.05) is 24.1 Å². The van der Waals surface area contributed by atoms with Gasteiger partial charge in [0.25, 0.3) is 0 Å². The van der Waals surface area contributed by atoms with Gasteiger partial charge in [0.1, 0.15) is 0 Å². The van der Waals surface area contributed by atoms with E-state index in [1.165, 1.54) is 41.7 Å². The highest BCUT2D eigenvalue weighted by Crippen LogP contribution is 2.32. The van der Waals surface area contributed by atoms with E-state index in [0.717, 1.165) is 24.9 Å². The first kappa shape index (κ1) is 15.8. The minimum absolute atomic E-state index is 0.788. The van der Waals surface area contributed by atoms with Crippen molar-refractivity contribution in [2.45, 2.75) is 40.2 Å². The van der Waals surface area contributed by atoms with E-state index >= 15 is 0 Å². The van der Waals surface area contributed by atoms with E-state index in [0.29, 0.717) is 0 Å². The molecule has 2 rings (SSSR count). The van der Waals surface area contributed by atoms with Gasteiger partial charge in [0.05, 0.1) is 5.69 Å². The molecule has 20 heavy (non-hydrogen) atoms. The molecule has 0 radical (unpaired) electrons. The van der Waals surface area contributed by atoms with Crippen LogP contribution in [-0.2, 0) is 6.54 Å². The molecule has 1 heterocycles. The number of anilines is 1. The van der Waals surface area contributed by atoms with Gasteiger partial charge in [-0.3, -0.25) is 0 Å². The van der Waals surface area contributed by atoms with Crippen LogP contribution in [0.2, 0.25) is 0 Å². The summed E-state index contributed by atoms with van der Waals surface area (Å²) in [5.74, 6) is 1.58. The van der Waals surface area contributed by atoms with Gasteiger partial charge in [-0.1, -0.05) is 26.8 Å². The Hall–Kier alpha value is -0.540. The highest BCUT2D eigenvalue weighted by Gasteiger charge is 2.23. The molecule has 0 saturated carbocycles. The van der Waals surface area contributed by atoms with E-state index in [1.807, 2.05) is 0 Å². The first-order valence-corrected chi connectivity index (χ1v) is 8.63. The lowest BCUT2D eigenvalue weighted by Gasteiger charge is -2.37. The molecule has 1 aromatic carbocycles. The van der Waals surface area contributed by atoms with E-state index in [9.17, 15) is 0 Å². The van der Waals surface area contributed by atoms with Crippen molar-refractivity contribution < 1.29 is 0 Å². The smallest absolute Gasteiger partial charge is 0.0511 e. The summed E-state index contributed by atoms with van der Waals surface area (Å²) in [5, 5.41) is 3.46. The minimum Gasteiger partial charge on any atom is -0.370 e. The van der Waals surface area contributed by atoms with Gasteiger partial charge >= 0.3 is 0 Å². The number of hydrogen-bond acceptors (Lipinski definition) is 2. The van der Waals surface area contributed by atoms with Crippen LogP contribution in [0.5, 0.6) is 0 Å². The summed E-state index contributed by atoms with van der Waals surface area (Å²) in [5.41, 5.74) is 2.70. The molecule has 3 heteroatoms. The summed E-state index contributed by atoms with van der Waals surface area (Å²) < 4.78 is 1.23. The minimum atomic E-state index is 0.788. The first-order valence-electron chi connectivity index (χ1n) is 7.84. The van der Waals surface area contributed by atoms with Crippen LogP contribution in [0.25, 0.3) is 0 Å². The number of piperidine rings is 1. The molecule has 0 aromatic heterocycles. The van der Waals surface area contributed by atoms with Crippen molar-refractivity contribution in [3.8, 4) is 0 Å². The zero-order valence-corrected chi connectivity index (χ0v) is 14.5. The molecule has 1 saturated heterocycles. The van der Waals surface area contributed by atoms with Gasteiger partial charge in [0.2, 0.25) is 0 Å². The SMILES string of the molecule is CCCNCc1ccc(N2CC(C)CC(C)C2)c(Br)c1. The van der Waals surface area contributed by atoms with Crippen molar-refractivity contribution in [1.82, 2.24) is 5.32 Å². The van der Waals surface area contributed by atoms with E-state index in [1.54, 1.807) is 0 Å². The molecule has 0 bridgehead atoms. The maximum Gasteiger partial charge on any atom is 0.0511 e. The Bertz CT molecular complexity index is 423. The number of nitrogens with zero attached hydrogens (tertiary/aromatic N) is 1. The van der Waals surface area contributed by atoms with Crippen LogP contribution in [0.15, 0.2) is 22.7 Å². The average molecular weight is 339 g/mol. The quantitative estimate of drug-likeness (QED) is 0.799. The lowest BCUT2D eigenvalue weighted by atomic mass is 9.91. The first-order chi connectivity index (χ1) is 9.60. The van der Waals surface area contributed by atoms with Gasteiger partial charge in [-0.15, -0.1) is 0 Å². The Kier molecular flexibility index (Phi) is 5.91. The van der Waals surface area contributed by atoms with Crippen LogP contribution >= 0.6 is 15.9 Å². The zero-order chi connectivity index (χ0) is 14.5. The summed E-state index contributed by atoms with van der Waals surface area (Å²) in [6.45, 7) is 11.3. The van der Waals surface area contributed by atoms with Crippen LogP contribution in [0, 0.1) is 11.8 Å². The summed E-state index contributed by atoms with van der Waals surface area (Å²) >= 11 is 3.76. The van der Waals surface area contributed by atoms with Crippen molar-refractivity contribution in [1.29, 1.82) is 0 Å². The Morgan fingerprint density at radius 1 is 1.25 bits per heavy atom. The topological polar surface area (TPSA) is 15.3 Å². The molecule has 0 aliphatic carbocycles. The fourth-order valence-electron chi connectivity index (χ4n) is 3.19. The highest BCUT2D eigenvalue weighted by molar-refractivity contribution is 9.10. The van der Waals surface area contributed by atoms with Crippen molar-refractivity contribution in [3.05, 3.63) is 28.2 Å². The van der Waals surface area contributed by atoms with Gasteiger partial charge in [0.15, 0.2) is 0 Å². The fraction of sp³-hybridized carbons (Fsp3) is 0.647. The highest BCUT2D eigenvalue weighted by atomic mass is 79.9. The van der Waals surface area contributed by atoms with Crippen LogP contribution in [0.3, 0.4) is 0 Å². The third-order valence-corrected chi connectivity index (χ3v) is 4.61. The lowest BCUT2D eigenvalue weighted by Crippen LogP contribution is -2.38. The van der Waals surface area contributed by atoms with Crippen LogP contribution < -0.4 is 10.2 Å². The monoisotopic (exact) mass is 338 g/mol. The molecule has 1 aliphatic rings. The van der Waals surface area contributed by atoms with Crippen LogP contribution in [0.4, 0.5) is 5.69 Å². The zero-order valence-electron chi connectivity index (χ0n) is 13.0. The molecule has 2 unspecified atom stereocenters. The molecule has 0 amide bonds. The van der Waals surface area contributed by atoms with Crippen LogP contribution in [-0.4, -0.2) is 19.6 Å². The molecule has 112 valence electrons. The third-order valence-electron chi connectivity index (χ3n) is 3.98. The molecule has 1 fully saturated rings. The fourth-order valence-corrected chi connectivity index (χ4v) is 3.86. The summed E-state index contributed by atoms with van der Waals surface area (Å²) in [6.07, 6.45) is 2.54. The normalized spacial score (nSPS) is 23.1. The van der Waals surface area contributed by atoms with Crippen molar-refractivity contribution >= 4 is 21.6 Å². The molecule has 2 atom stereocenters. The predicted octanol–water partition coefficient (Wildman–Crippen LogP) is 4.43. The Morgan fingerprint density at radius 2 is 1.95 bits per heavy atom. The summed E-state index contributed by atoms with van der Waals surface area (Å²) in [7, 11) is 0. The molecule has 1 aliphatic heterocycles. The molecular formula is C17H27BrN2. The number of nitrogens with one attached hydrogen (secondary N) is 1. The molecule has 1 aromatic rings. The van der Waals surface area contributed by atoms with E-state index < -0.39 is 0 Å². The van der Waals surface area contributed by atoms with E-state index in [2.05, 4.69) is 65.1 Å². The Balaban J connectivity index is 2.05. The standard InChI is InChI=1S/C17H27BrN2/c1-4-7-19-10-15-5-6-17(16(18)9-15)20-11-13(2)8-14(3)12-20/h5-6,9,13-14,19H,4,7-8,10-12H2,1-3H3. The van der Waals surface area contributed by atoms with Crippen molar-refractivity contribution in [3.63, 3.8) is 0 Å². The van der Waals surface area contributed by atoms with Gasteiger partial charge in [-0.05, 0) is 64.8 Å². The predicted molar refractivity (Wildman–Crippen MR) is 91.3 cm³/mol. The van der Waals surface area contributed by atoms with E-state index in [-0.39, 0.29) is 0 Å². The molecule has 2 nitrogen and oxygen atoms in total. The third kappa shape index (κ3) is 4.23. The summed E-state index contributed by atoms with van der Waals surface area (Å²) in [6, 6.07) is 6.80. The second-order valence-corrected chi connectivity index (χ2v) is 7.17. The van der Waals surface area contributed by atoms with Gasteiger partial charge in [-0.25, -0.2) is 0 Å². The maximum absolute atomic E-state index is 3.76. The van der Waals surface area contributed by atoms with E-state index in [4.69, 9.17) is 0 Å². The number of hydrogen-bond donors (Lipinski definition) is 1. The second kappa shape index (κ2) is 7.46. The Morgan fingerprint density at radius 3 is 2.55 bits per heavy atom. The van der Waals surface area contributed by atoms with Gasteiger partial charge in [-0.2, -0.15) is 0 Å². The Labute approximate surface area is 132 Å². The number of rotatable bonds is 5. The van der Waals surface area contributed by atoms with Crippen molar-refractivity contribution in [2.75, 3.05) is 24.5 Å². The number of halogens is 1. The average Bonchev–Trinajstić information content (AvgIpc) is 2.38. The van der Waals surface area contributed by atoms with Gasteiger partial charge < -0.3 is 10.2 Å². The molecule has 0 spiro atoms. The lowest BCUT2D eigenvalue weighted by molar-refractivity contribution is 0.356. The number of benzene rings is 1. The second-order valence-electron chi connectivity index (χ2n) is 6.31. The molecular weight excluding hydrogens is 312 g/mol. The summed E-state index contributed by atoms with van der Waals surface area (Å²) in [4.78, 5) is 2.53.